The molecule has 0 aliphatic heterocycles. The molecule has 2 aromatic rings. The summed E-state index contributed by atoms with van der Waals surface area (Å²) in [5, 5.41) is 0. The monoisotopic (exact) mass is 213 g/mol. The van der Waals surface area contributed by atoms with E-state index in [0.29, 0.717) is 12.3 Å². The quantitative estimate of drug-likeness (QED) is 0.719. The fourth-order valence-electron chi connectivity index (χ4n) is 1.35. The van der Waals surface area contributed by atoms with Gasteiger partial charge in [-0.1, -0.05) is 5.92 Å². The van der Waals surface area contributed by atoms with E-state index in [0.717, 1.165) is 5.69 Å². The van der Waals surface area contributed by atoms with Gasteiger partial charge in [-0.2, -0.15) is 0 Å². The molecule has 0 aliphatic rings. The van der Waals surface area contributed by atoms with Crippen LogP contribution in [0.4, 0.5) is 0 Å². The molecule has 2 rings (SSSR count). The van der Waals surface area contributed by atoms with Gasteiger partial charge < -0.3 is 9.30 Å². The molecule has 0 fully saturated rings. The SMILES string of the molecule is C#CCOc1cccnc1Cn1ccnc1. The minimum atomic E-state index is 0.253. The maximum atomic E-state index is 5.40. The molecule has 0 unspecified atom stereocenters. The van der Waals surface area contributed by atoms with Crippen LogP contribution in [0.25, 0.3) is 0 Å². The highest BCUT2D eigenvalue weighted by molar-refractivity contribution is 5.27. The van der Waals surface area contributed by atoms with E-state index in [-0.39, 0.29) is 6.61 Å². The molecule has 0 spiro atoms. The maximum Gasteiger partial charge on any atom is 0.148 e. The van der Waals surface area contributed by atoms with Crippen molar-refractivity contribution in [2.24, 2.45) is 0 Å². The lowest BCUT2D eigenvalue weighted by atomic mass is 10.3. The Morgan fingerprint density at radius 3 is 3.12 bits per heavy atom. The lowest BCUT2D eigenvalue weighted by Crippen LogP contribution is -2.04. The lowest BCUT2D eigenvalue weighted by molar-refractivity contribution is 0.362. The molecule has 16 heavy (non-hydrogen) atoms. The minimum absolute atomic E-state index is 0.253. The topological polar surface area (TPSA) is 39.9 Å². The molecule has 0 saturated carbocycles. The zero-order valence-electron chi connectivity index (χ0n) is 8.71. The summed E-state index contributed by atoms with van der Waals surface area (Å²) in [6, 6.07) is 3.68. The summed E-state index contributed by atoms with van der Waals surface area (Å²) in [5.41, 5.74) is 0.843. The molecule has 0 N–H and O–H groups in total. The Kier molecular flexibility index (Phi) is 3.19. The van der Waals surface area contributed by atoms with Crippen molar-refractivity contribution >= 4 is 0 Å². The van der Waals surface area contributed by atoms with Crippen LogP contribution in [0.15, 0.2) is 37.1 Å². The summed E-state index contributed by atoms with van der Waals surface area (Å²) in [5.74, 6) is 3.15. The summed E-state index contributed by atoms with van der Waals surface area (Å²) in [7, 11) is 0. The van der Waals surface area contributed by atoms with Crippen LogP contribution in [-0.2, 0) is 6.54 Å². The summed E-state index contributed by atoms with van der Waals surface area (Å²) in [4.78, 5) is 8.24. The first-order chi connectivity index (χ1) is 7.90. The van der Waals surface area contributed by atoms with Crippen LogP contribution < -0.4 is 4.74 Å². The van der Waals surface area contributed by atoms with Gasteiger partial charge in [0.1, 0.15) is 18.1 Å². The molecule has 0 radical (unpaired) electrons. The van der Waals surface area contributed by atoms with E-state index in [1.54, 1.807) is 18.7 Å². The number of imidazole rings is 1. The second-order valence-corrected chi connectivity index (χ2v) is 3.18. The number of hydrogen-bond donors (Lipinski definition) is 0. The molecule has 0 bridgehead atoms. The lowest BCUT2D eigenvalue weighted by Gasteiger charge is -2.08. The van der Waals surface area contributed by atoms with Crippen LogP contribution in [0.1, 0.15) is 5.69 Å². The van der Waals surface area contributed by atoms with E-state index in [4.69, 9.17) is 11.2 Å². The van der Waals surface area contributed by atoms with Gasteiger partial charge in [-0.15, -0.1) is 6.42 Å². The maximum absolute atomic E-state index is 5.40. The number of nitrogens with zero attached hydrogens (tertiary/aromatic N) is 3. The van der Waals surface area contributed by atoms with Crippen molar-refractivity contribution in [1.82, 2.24) is 14.5 Å². The first-order valence-corrected chi connectivity index (χ1v) is 4.86. The number of ether oxygens (including phenoxy) is 1. The van der Waals surface area contributed by atoms with Crippen molar-refractivity contribution in [3.05, 3.63) is 42.7 Å². The van der Waals surface area contributed by atoms with Gasteiger partial charge in [0.05, 0.1) is 12.9 Å². The predicted molar refractivity (Wildman–Crippen MR) is 59.9 cm³/mol. The molecular weight excluding hydrogens is 202 g/mol. The molecule has 80 valence electrons. The van der Waals surface area contributed by atoms with E-state index in [1.165, 1.54) is 0 Å². The van der Waals surface area contributed by atoms with E-state index in [2.05, 4.69) is 15.9 Å². The van der Waals surface area contributed by atoms with Gasteiger partial charge >= 0.3 is 0 Å². The molecule has 0 aromatic carbocycles. The standard InChI is InChI=1S/C12H11N3O/c1-2-8-16-12-4-3-5-14-11(12)9-15-7-6-13-10-15/h1,3-7,10H,8-9H2. The van der Waals surface area contributed by atoms with Crippen LogP contribution in [0.3, 0.4) is 0 Å². The zero-order valence-corrected chi connectivity index (χ0v) is 8.71. The molecule has 4 heteroatoms. The van der Waals surface area contributed by atoms with E-state index < -0.39 is 0 Å². The van der Waals surface area contributed by atoms with Crippen molar-refractivity contribution in [3.63, 3.8) is 0 Å². The fourth-order valence-corrected chi connectivity index (χ4v) is 1.35. The largest absolute Gasteiger partial charge is 0.479 e. The van der Waals surface area contributed by atoms with Crippen molar-refractivity contribution in [2.75, 3.05) is 6.61 Å². The van der Waals surface area contributed by atoms with Crippen LogP contribution in [0.2, 0.25) is 0 Å². The third-order valence-electron chi connectivity index (χ3n) is 2.05. The van der Waals surface area contributed by atoms with Gasteiger partial charge in [-0.3, -0.25) is 4.98 Å². The molecule has 0 aliphatic carbocycles. The summed E-state index contributed by atoms with van der Waals surface area (Å²) >= 11 is 0. The highest BCUT2D eigenvalue weighted by atomic mass is 16.5. The number of terminal acetylenes is 1. The Bertz CT molecular complexity index is 485. The summed E-state index contributed by atoms with van der Waals surface area (Å²) in [6.07, 6.45) is 12.2. The molecule has 2 aromatic heterocycles. The van der Waals surface area contributed by atoms with Crippen molar-refractivity contribution in [3.8, 4) is 18.1 Å². The van der Waals surface area contributed by atoms with Crippen LogP contribution in [0, 0.1) is 12.3 Å². The first kappa shape index (κ1) is 10.2. The second-order valence-electron chi connectivity index (χ2n) is 3.18. The molecule has 0 atom stereocenters. The van der Waals surface area contributed by atoms with Crippen LogP contribution in [-0.4, -0.2) is 21.1 Å². The van der Waals surface area contributed by atoms with Gasteiger partial charge in [0, 0.05) is 18.6 Å². The zero-order chi connectivity index (χ0) is 11.2. The van der Waals surface area contributed by atoms with Gasteiger partial charge in [-0.25, -0.2) is 4.98 Å². The molecule has 4 nitrogen and oxygen atoms in total. The smallest absolute Gasteiger partial charge is 0.148 e. The fraction of sp³-hybridized carbons (Fsp3) is 0.167. The summed E-state index contributed by atoms with van der Waals surface area (Å²) < 4.78 is 7.32. The van der Waals surface area contributed by atoms with Crippen LogP contribution >= 0.6 is 0 Å². The highest BCUT2D eigenvalue weighted by Gasteiger charge is 2.04. The minimum Gasteiger partial charge on any atom is -0.479 e. The number of aromatic nitrogens is 3. The van der Waals surface area contributed by atoms with Gasteiger partial charge in [-0.05, 0) is 12.1 Å². The van der Waals surface area contributed by atoms with Gasteiger partial charge in [0.25, 0.3) is 0 Å². The van der Waals surface area contributed by atoms with Crippen molar-refractivity contribution in [1.29, 1.82) is 0 Å². The molecule has 0 saturated heterocycles. The Morgan fingerprint density at radius 1 is 1.44 bits per heavy atom. The Labute approximate surface area is 93.9 Å². The van der Waals surface area contributed by atoms with Crippen molar-refractivity contribution < 1.29 is 4.74 Å². The average molecular weight is 213 g/mol. The highest BCUT2D eigenvalue weighted by Crippen LogP contribution is 2.16. The van der Waals surface area contributed by atoms with Gasteiger partial charge in [0.2, 0.25) is 0 Å². The number of pyridine rings is 1. The third-order valence-corrected chi connectivity index (χ3v) is 2.05. The number of hydrogen-bond acceptors (Lipinski definition) is 3. The van der Waals surface area contributed by atoms with E-state index in [9.17, 15) is 0 Å². The molecule has 0 amide bonds. The number of rotatable bonds is 4. The normalized spacial score (nSPS) is 9.69. The molecule has 2 heterocycles. The van der Waals surface area contributed by atoms with Gasteiger partial charge in [0.15, 0.2) is 0 Å². The summed E-state index contributed by atoms with van der Waals surface area (Å²) in [6.45, 7) is 0.878. The Balaban J connectivity index is 2.17. The first-order valence-electron chi connectivity index (χ1n) is 4.86. The Hall–Kier alpha value is -2.28. The van der Waals surface area contributed by atoms with E-state index >= 15 is 0 Å². The predicted octanol–water partition coefficient (Wildman–Crippen LogP) is 1.34. The second kappa shape index (κ2) is 4.99. The average Bonchev–Trinajstić information content (AvgIpc) is 2.81. The molecular formula is C12H11N3O. The Morgan fingerprint density at radius 2 is 2.38 bits per heavy atom. The van der Waals surface area contributed by atoms with Crippen molar-refractivity contribution in [2.45, 2.75) is 6.54 Å². The third kappa shape index (κ3) is 2.39. The van der Waals surface area contributed by atoms with E-state index in [1.807, 2.05) is 22.9 Å². The van der Waals surface area contributed by atoms with Crippen LogP contribution in [0.5, 0.6) is 5.75 Å².